The highest BCUT2D eigenvalue weighted by molar-refractivity contribution is 5.73. The zero-order valence-electron chi connectivity index (χ0n) is 8.32. The van der Waals surface area contributed by atoms with Crippen LogP contribution in [0.25, 0.3) is 0 Å². The first-order valence-corrected chi connectivity index (χ1v) is 4.76. The minimum Gasteiger partial charge on any atom is -0.480 e. The van der Waals surface area contributed by atoms with Crippen LogP contribution < -0.4 is 5.73 Å². The molecule has 0 aromatic heterocycles. The van der Waals surface area contributed by atoms with Crippen LogP contribution >= 0.6 is 0 Å². The Labute approximate surface area is 87.7 Å². The Hall–Kier alpha value is -1.42. The molecule has 1 unspecified atom stereocenters. The van der Waals surface area contributed by atoms with Crippen molar-refractivity contribution in [2.75, 3.05) is 6.67 Å². The summed E-state index contributed by atoms with van der Waals surface area (Å²) in [5, 5.41) is 8.67. The molecule has 0 spiro atoms. The summed E-state index contributed by atoms with van der Waals surface area (Å²) in [7, 11) is 0. The number of hydrogen-bond donors (Lipinski definition) is 2. The van der Waals surface area contributed by atoms with Crippen molar-refractivity contribution in [2.24, 2.45) is 5.73 Å². The van der Waals surface area contributed by atoms with Crippen molar-refractivity contribution < 1.29 is 14.3 Å². The third-order valence-corrected chi connectivity index (χ3v) is 2.24. The molecular formula is C11H14FNO2. The molecule has 1 aromatic carbocycles. The second-order valence-corrected chi connectivity index (χ2v) is 3.36. The zero-order chi connectivity index (χ0) is 11.3. The molecule has 0 bridgehead atoms. The highest BCUT2D eigenvalue weighted by Gasteiger charge is 2.13. The van der Waals surface area contributed by atoms with Crippen molar-refractivity contribution in [1.82, 2.24) is 0 Å². The molecule has 0 fully saturated rings. The van der Waals surface area contributed by atoms with E-state index in [1.54, 1.807) is 24.3 Å². The lowest BCUT2D eigenvalue weighted by Crippen LogP contribution is -2.32. The van der Waals surface area contributed by atoms with Gasteiger partial charge in [0.05, 0.1) is 6.67 Å². The molecule has 0 aliphatic carbocycles. The van der Waals surface area contributed by atoms with E-state index in [1.165, 1.54) is 0 Å². The van der Waals surface area contributed by atoms with E-state index in [2.05, 4.69) is 0 Å². The van der Waals surface area contributed by atoms with Crippen LogP contribution in [0.2, 0.25) is 0 Å². The van der Waals surface area contributed by atoms with E-state index in [9.17, 15) is 9.18 Å². The predicted molar refractivity (Wildman–Crippen MR) is 55.4 cm³/mol. The molecule has 3 N–H and O–H groups in total. The summed E-state index contributed by atoms with van der Waals surface area (Å²) in [6, 6.07) is 6.26. The molecule has 1 rings (SSSR count). The lowest BCUT2D eigenvalue weighted by molar-refractivity contribution is -0.138. The van der Waals surface area contributed by atoms with Gasteiger partial charge in [0.1, 0.15) is 6.04 Å². The summed E-state index contributed by atoms with van der Waals surface area (Å²) in [6.07, 6.45) is 0.550. The lowest BCUT2D eigenvalue weighted by Gasteiger charge is -2.10. The molecule has 1 atom stereocenters. The van der Waals surface area contributed by atoms with Gasteiger partial charge in [-0.3, -0.25) is 9.18 Å². The van der Waals surface area contributed by atoms with E-state index in [0.29, 0.717) is 6.42 Å². The highest BCUT2D eigenvalue weighted by atomic mass is 18.2. The fraction of sp³-hybridized carbons (Fsp3) is 0.364. The van der Waals surface area contributed by atoms with E-state index in [0.717, 1.165) is 11.1 Å². The van der Waals surface area contributed by atoms with Crippen molar-refractivity contribution >= 4 is 5.97 Å². The van der Waals surface area contributed by atoms with Gasteiger partial charge in [0.2, 0.25) is 0 Å². The van der Waals surface area contributed by atoms with Crippen LogP contribution in [0, 0.1) is 0 Å². The average molecular weight is 210 g/mol. The van der Waals surface area contributed by atoms with Gasteiger partial charge in [-0.2, -0.15) is 0 Å². The molecule has 0 heterocycles. The van der Waals surface area contributed by atoms with Gasteiger partial charge < -0.3 is 10.8 Å². The van der Waals surface area contributed by atoms with Crippen LogP contribution in [0.1, 0.15) is 11.1 Å². The Kier molecular flexibility index (Phi) is 4.24. The fourth-order valence-electron chi connectivity index (χ4n) is 1.43. The van der Waals surface area contributed by atoms with E-state index in [-0.39, 0.29) is 6.42 Å². The van der Waals surface area contributed by atoms with Crippen LogP contribution in [-0.4, -0.2) is 23.8 Å². The van der Waals surface area contributed by atoms with Crippen LogP contribution in [0.15, 0.2) is 24.3 Å². The predicted octanol–water partition coefficient (Wildman–Crippen LogP) is 1.15. The first kappa shape index (κ1) is 11.7. The highest BCUT2D eigenvalue weighted by Crippen LogP contribution is 2.11. The topological polar surface area (TPSA) is 63.3 Å². The Balaban J connectivity index is 2.79. The second kappa shape index (κ2) is 5.46. The number of carboxylic acid groups (broad SMARTS) is 1. The van der Waals surface area contributed by atoms with E-state index >= 15 is 0 Å². The number of carbonyl (C=O) groups is 1. The molecule has 0 aliphatic rings. The Morgan fingerprint density at radius 1 is 1.40 bits per heavy atom. The fourth-order valence-corrected chi connectivity index (χ4v) is 1.43. The number of aryl methyl sites for hydroxylation is 1. The van der Waals surface area contributed by atoms with Crippen LogP contribution in [-0.2, 0) is 17.6 Å². The average Bonchev–Trinajstić information content (AvgIpc) is 2.21. The number of hydrogen-bond acceptors (Lipinski definition) is 2. The van der Waals surface area contributed by atoms with Gasteiger partial charge >= 0.3 is 5.97 Å². The molecule has 0 radical (unpaired) electrons. The molecule has 0 saturated heterocycles. The summed E-state index contributed by atoms with van der Waals surface area (Å²) >= 11 is 0. The maximum atomic E-state index is 12.2. The van der Waals surface area contributed by atoms with Crippen molar-refractivity contribution in [2.45, 2.75) is 18.9 Å². The summed E-state index contributed by atoms with van der Waals surface area (Å²) in [5.74, 6) is -1.04. The van der Waals surface area contributed by atoms with Gasteiger partial charge in [-0.1, -0.05) is 24.3 Å². The number of rotatable bonds is 5. The third kappa shape index (κ3) is 3.32. The minimum absolute atomic E-state index is 0.242. The number of nitrogens with two attached hydrogens (primary N) is 1. The SMILES string of the molecule is NC(Cc1ccccc1CC[18F])C(=O)O. The number of halogens is 1. The normalized spacial score (nSPS) is 12.4. The van der Waals surface area contributed by atoms with Gasteiger partial charge in [-0.15, -0.1) is 0 Å². The summed E-state index contributed by atoms with van der Waals surface area (Å²) in [5.41, 5.74) is 7.06. The quantitative estimate of drug-likeness (QED) is 0.766. The van der Waals surface area contributed by atoms with E-state index in [4.69, 9.17) is 10.8 Å². The third-order valence-electron chi connectivity index (χ3n) is 2.24. The van der Waals surface area contributed by atoms with Gasteiger partial charge in [-0.25, -0.2) is 0 Å². The van der Waals surface area contributed by atoms with Crippen LogP contribution in [0.4, 0.5) is 4.39 Å². The van der Waals surface area contributed by atoms with Crippen molar-refractivity contribution in [3.8, 4) is 0 Å². The Bertz CT molecular complexity index is 341. The van der Waals surface area contributed by atoms with Gasteiger partial charge in [0, 0.05) is 6.42 Å². The molecule has 1 aromatic rings. The first-order chi connectivity index (χ1) is 7.15. The number of alkyl halides is 1. The molecule has 15 heavy (non-hydrogen) atoms. The maximum absolute atomic E-state index is 12.2. The Morgan fingerprint density at radius 3 is 2.53 bits per heavy atom. The van der Waals surface area contributed by atoms with Crippen molar-refractivity contribution in [3.05, 3.63) is 35.4 Å². The summed E-state index contributed by atoms with van der Waals surface area (Å²) < 4.78 is 12.2. The number of aliphatic carboxylic acids is 1. The monoisotopic (exact) mass is 210 g/mol. The summed E-state index contributed by atoms with van der Waals surface area (Å²) in [6.45, 7) is -0.445. The van der Waals surface area contributed by atoms with Crippen molar-refractivity contribution in [3.63, 3.8) is 0 Å². The van der Waals surface area contributed by atoms with Gasteiger partial charge in [-0.05, 0) is 17.5 Å². The number of benzene rings is 1. The summed E-state index contributed by atoms with van der Waals surface area (Å²) in [4.78, 5) is 10.6. The van der Waals surface area contributed by atoms with Gasteiger partial charge in [0.15, 0.2) is 0 Å². The van der Waals surface area contributed by atoms with Gasteiger partial charge in [0.25, 0.3) is 0 Å². The first-order valence-electron chi connectivity index (χ1n) is 4.76. The molecule has 0 amide bonds. The standard InChI is InChI=1S/C11H14FNO2/c12-6-5-8-3-1-2-4-9(8)7-10(13)11(14)15/h1-4,10H,5-7,13H2,(H,14,15)/i12-1. The number of carboxylic acids is 1. The maximum Gasteiger partial charge on any atom is 0.320 e. The van der Waals surface area contributed by atoms with Crippen molar-refractivity contribution in [1.29, 1.82) is 0 Å². The smallest absolute Gasteiger partial charge is 0.320 e. The minimum atomic E-state index is -1.04. The largest absolute Gasteiger partial charge is 0.480 e. The second-order valence-electron chi connectivity index (χ2n) is 3.36. The molecule has 0 aliphatic heterocycles. The molecule has 82 valence electrons. The van der Waals surface area contributed by atoms with Crippen LogP contribution in [0.5, 0.6) is 0 Å². The molecule has 0 saturated carbocycles. The molecule has 4 heteroatoms. The molecular weight excluding hydrogens is 196 g/mol. The Morgan fingerprint density at radius 2 is 2.00 bits per heavy atom. The molecule has 3 nitrogen and oxygen atoms in total. The van der Waals surface area contributed by atoms with E-state index < -0.39 is 18.7 Å². The zero-order valence-corrected chi connectivity index (χ0v) is 8.32. The van der Waals surface area contributed by atoms with Crippen LogP contribution in [0.3, 0.4) is 0 Å². The van der Waals surface area contributed by atoms with E-state index in [1.807, 2.05) is 0 Å². The lowest BCUT2D eigenvalue weighted by atomic mass is 9.99.